The first kappa shape index (κ1) is 15.3. The van der Waals surface area contributed by atoms with Crippen molar-refractivity contribution < 1.29 is 4.74 Å². The molecule has 0 saturated carbocycles. The predicted octanol–water partition coefficient (Wildman–Crippen LogP) is 3.74. The summed E-state index contributed by atoms with van der Waals surface area (Å²) in [6.45, 7) is 8.32. The maximum atomic E-state index is 5.71. The van der Waals surface area contributed by atoms with Gasteiger partial charge in [-0.3, -0.25) is 0 Å². The summed E-state index contributed by atoms with van der Waals surface area (Å²) in [5.74, 6) is 0. The highest BCUT2D eigenvalue weighted by Gasteiger charge is 2.12. The Bertz CT molecular complexity index is 525. The molecule has 0 N–H and O–H groups in total. The van der Waals surface area contributed by atoms with Gasteiger partial charge in [0.2, 0.25) is 0 Å². The lowest BCUT2D eigenvalue weighted by atomic mass is 10.4. The molecule has 0 aliphatic carbocycles. The van der Waals surface area contributed by atoms with E-state index in [0.717, 1.165) is 11.6 Å². The van der Waals surface area contributed by atoms with Crippen LogP contribution in [0.25, 0.3) is 0 Å². The monoisotopic (exact) mass is 307 g/mol. The molecule has 1 heterocycles. The van der Waals surface area contributed by atoms with E-state index in [0.29, 0.717) is 6.73 Å². The Kier molecular flexibility index (Phi) is 5.39. The van der Waals surface area contributed by atoms with Gasteiger partial charge < -0.3 is 4.74 Å². The minimum Gasteiger partial charge on any atom is -0.359 e. The van der Waals surface area contributed by atoms with Crippen LogP contribution in [0.4, 0.5) is 0 Å². The third-order valence-corrected chi connectivity index (χ3v) is 5.50. The summed E-state index contributed by atoms with van der Waals surface area (Å²) in [7, 11) is -1.03. The van der Waals surface area contributed by atoms with E-state index in [-0.39, 0.29) is 0 Å². The molecule has 0 atom stereocenters. The molecule has 20 heavy (non-hydrogen) atoms. The van der Waals surface area contributed by atoms with Gasteiger partial charge in [0.05, 0.1) is 6.20 Å². The molecule has 108 valence electrons. The fourth-order valence-corrected chi connectivity index (χ4v) is 3.14. The van der Waals surface area contributed by atoms with Gasteiger partial charge >= 0.3 is 0 Å². The van der Waals surface area contributed by atoms with E-state index in [2.05, 4.69) is 42.1 Å². The molecular formula is C14H21N3OSSi. The molecule has 0 aliphatic heterocycles. The largest absolute Gasteiger partial charge is 0.359 e. The van der Waals surface area contributed by atoms with Crippen molar-refractivity contribution in [1.82, 2.24) is 15.0 Å². The molecule has 0 unspecified atom stereocenters. The molecule has 2 rings (SSSR count). The molecule has 6 heteroatoms. The average molecular weight is 307 g/mol. The van der Waals surface area contributed by atoms with Gasteiger partial charge in [0, 0.05) is 19.6 Å². The lowest BCUT2D eigenvalue weighted by Gasteiger charge is -2.15. The summed E-state index contributed by atoms with van der Waals surface area (Å²) >= 11 is 1.65. The van der Waals surface area contributed by atoms with Crippen LogP contribution in [0.5, 0.6) is 0 Å². The van der Waals surface area contributed by atoms with Gasteiger partial charge in [-0.05, 0) is 18.2 Å². The van der Waals surface area contributed by atoms with Crippen LogP contribution in [0, 0.1) is 0 Å². The fourth-order valence-electron chi connectivity index (χ4n) is 1.56. The van der Waals surface area contributed by atoms with E-state index in [4.69, 9.17) is 4.74 Å². The van der Waals surface area contributed by atoms with Gasteiger partial charge in [-0.2, -0.15) is 0 Å². The normalized spacial score (nSPS) is 11.8. The Balaban J connectivity index is 1.86. The van der Waals surface area contributed by atoms with Gasteiger partial charge in [-0.25, -0.2) is 4.68 Å². The molecule has 0 fully saturated rings. The van der Waals surface area contributed by atoms with Crippen LogP contribution < -0.4 is 0 Å². The summed E-state index contributed by atoms with van der Waals surface area (Å²) in [6.07, 6.45) is 1.78. The molecular weight excluding hydrogens is 286 g/mol. The fraction of sp³-hybridized carbons (Fsp3) is 0.429. The van der Waals surface area contributed by atoms with Crippen LogP contribution in [0.2, 0.25) is 25.7 Å². The van der Waals surface area contributed by atoms with Crippen molar-refractivity contribution in [2.75, 3.05) is 6.61 Å². The van der Waals surface area contributed by atoms with Crippen LogP contribution >= 0.6 is 11.8 Å². The minimum atomic E-state index is -1.03. The van der Waals surface area contributed by atoms with Crippen molar-refractivity contribution in [3.8, 4) is 0 Å². The summed E-state index contributed by atoms with van der Waals surface area (Å²) in [5.41, 5.74) is 0. The maximum absolute atomic E-state index is 5.71. The van der Waals surface area contributed by atoms with Crippen LogP contribution in [0.3, 0.4) is 0 Å². The van der Waals surface area contributed by atoms with Crippen molar-refractivity contribution >= 4 is 19.8 Å². The van der Waals surface area contributed by atoms with Crippen LogP contribution in [0.1, 0.15) is 0 Å². The van der Waals surface area contributed by atoms with Crippen LogP contribution in [-0.4, -0.2) is 29.7 Å². The Morgan fingerprint density at radius 2 is 1.95 bits per heavy atom. The second kappa shape index (κ2) is 7.06. The molecule has 0 amide bonds. The van der Waals surface area contributed by atoms with Gasteiger partial charge in [-0.1, -0.05) is 54.8 Å². The zero-order chi connectivity index (χ0) is 14.4. The van der Waals surface area contributed by atoms with Gasteiger partial charge in [0.15, 0.2) is 0 Å². The maximum Gasteiger partial charge on any atom is 0.142 e. The highest BCUT2D eigenvalue weighted by Crippen LogP contribution is 2.26. The first-order chi connectivity index (χ1) is 9.54. The van der Waals surface area contributed by atoms with E-state index >= 15 is 0 Å². The summed E-state index contributed by atoms with van der Waals surface area (Å²) < 4.78 is 7.52. The Morgan fingerprint density at radius 3 is 2.65 bits per heavy atom. The number of ether oxygens (including phenoxy) is 1. The van der Waals surface area contributed by atoms with Crippen LogP contribution in [-0.2, 0) is 11.5 Å². The Labute approximate surface area is 125 Å². The first-order valence-electron chi connectivity index (χ1n) is 6.74. The van der Waals surface area contributed by atoms with Gasteiger partial charge in [-0.15, -0.1) is 5.10 Å². The zero-order valence-electron chi connectivity index (χ0n) is 12.2. The standard InChI is InChI=1S/C14H21N3OSSi/c1-20(2,3)10-9-18-12-17-14(11-15-16-17)19-13-7-5-4-6-8-13/h4-8,11H,9-10,12H2,1-3H3. The van der Waals surface area contributed by atoms with E-state index in [9.17, 15) is 0 Å². The zero-order valence-corrected chi connectivity index (χ0v) is 14.1. The summed E-state index contributed by atoms with van der Waals surface area (Å²) in [4.78, 5) is 1.18. The summed E-state index contributed by atoms with van der Waals surface area (Å²) in [6, 6.07) is 11.4. The molecule has 4 nitrogen and oxygen atoms in total. The van der Waals surface area contributed by atoms with Crippen molar-refractivity contribution in [2.45, 2.75) is 42.3 Å². The summed E-state index contributed by atoms with van der Waals surface area (Å²) in [5, 5.41) is 9.05. The molecule has 0 bridgehead atoms. The quantitative estimate of drug-likeness (QED) is 0.577. The number of aromatic nitrogens is 3. The minimum absolute atomic E-state index is 0.472. The van der Waals surface area contributed by atoms with Crippen LogP contribution in [0.15, 0.2) is 46.5 Å². The lowest BCUT2D eigenvalue weighted by Crippen LogP contribution is -2.22. The van der Waals surface area contributed by atoms with Gasteiger partial charge in [0.1, 0.15) is 11.8 Å². The third-order valence-electron chi connectivity index (χ3n) is 2.76. The topological polar surface area (TPSA) is 39.9 Å². The third kappa shape index (κ3) is 5.11. The molecule has 0 spiro atoms. The predicted molar refractivity (Wildman–Crippen MR) is 84.7 cm³/mol. The number of hydrogen-bond acceptors (Lipinski definition) is 4. The number of rotatable bonds is 7. The van der Waals surface area contributed by atoms with E-state index in [1.807, 2.05) is 22.9 Å². The van der Waals surface area contributed by atoms with Gasteiger partial charge in [0.25, 0.3) is 0 Å². The number of benzene rings is 1. The second-order valence-corrected chi connectivity index (χ2v) is 12.6. The number of nitrogens with zero attached hydrogens (tertiary/aromatic N) is 3. The first-order valence-corrected chi connectivity index (χ1v) is 11.3. The van der Waals surface area contributed by atoms with E-state index in [1.165, 1.54) is 10.9 Å². The molecule has 0 saturated heterocycles. The van der Waals surface area contributed by atoms with E-state index in [1.54, 1.807) is 18.0 Å². The molecule has 1 aromatic heterocycles. The Hall–Kier alpha value is -1.11. The van der Waals surface area contributed by atoms with E-state index < -0.39 is 8.07 Å². The van der Waals surface area contributed by atoms with Crippen molar-refractivity contribution in [3.63, 3.8) is 0 Å². The van der Waals surface area contributed by atoms with Crippen molar-refractivity contribution in [2.24, 2.45) is 0 Å². The second-order valence-electron chi connectivity index (χ2n) is 5.83. The smallest absolute Gasteiger partial charge is 0.142 e. The number of hydrogen-bond donors (Lipinski definition) is 0. The van der Waals surface area contributed by atoms with Crippen molar-refractivity contribution in [3.05, 3.63) is 36.5 Å². The SMILES string of the molecule is C[Si](C)(C)CCOCn1nncc1Sc1ccccc1. The molecule has 2 aromatic rings. The highest BCUT2D eigenvalue weighted by molar-refractivity contribution is 7.99. The average Bonchev–Trinajstić information content (AvgIpc) is 2.82. The molecule has 0 aliphatic rings. The molecule has 1 aromatic carbocycles. The lowest BCUT2D eigenvalue weighted by molar-refractivity contribution is 0.0714. The Morgan fingerprint density at radius 1 is 1.20 bits per heavy atom. The molecule has 0 radical (unpaired) electrons. The highest BCUT2D eigenvalue weighted by atomic mass is 32.2. The van der Waals surface area contributed by atoms with Crippen molar-refractivity contribution in [1.29, 1.82) is 0 Å².